The van der Waals surface area contributed by atoms with Gasteiger partial charge in [0.25, 0.3) is 0 Å². The first-order valence-electron chi connectivity index (χ1n) is 8.17. The molecule has 1 atom stereocenters. The molecule has 4 nitrogen and oxygen atoms in total. The minimum absolute atomic E-state index is 0. The molecule has 0 heterocycles. The lowest BCUT2D eigenvalue weighted by atomic mass is 10.0. The molecular weight excluding hydrogens is 312 g/mol. The van der Waals surface area contributed by atoms with E-state index in [1.165, 1.54) is 11.1 Å². The van der Waals surface area contributed by atoms with Crippen molar-refractivity contribution < 1.29 is 9.53 Å². The van der Waals surface area contributed by atoms with Gasteiger partial charge >= 0.3 is 0 Å². The number of nitrogens with one attached hydrogen (secondary N) is 1. The van der Waals surface area contributed by atoms with E-state index in [0.29, 0.717) is 19.7 Å². The van der Waals surface area contributed by atoms with E-state index in [9.17, 15) is 4.79 Å². The van der Waals surface area contributed by atoms with E-state index >= 15 is 0 Å². The molecule has 1 rings (SSSR count). The molecule has 0 aliphatic rings. The molecule has 5 heteroatoms. The summed E-state index contributed by atoms with van der Waals surface area (Å²) in [5, 5.41) is 3.13. The van der Waals surface area contributed by atoms with Gasteiger partial charge in [-0.05, 0) is 32.3 Å². The molecular formula is C18H31ClN2O2. The van der Waals surface area contributed by atoms with Crippen molar-refractivity contribution >= 4 is 18.3 Å². The summed E-state index contributed by atoms with van der Waals surface area (Å²) in [6.45, 7) is 8.73. The van der Waals surface area contributed by atoms with Crippen LogP contribution in [0.25, 0.3) is 0 Å². The number of hydrogen-bond donors (Lipinski definition) is 1. The van der Waals surface area contributed by atoms with Crippen LogP contribution in [0.4, 0.5) is 0 Å². The van der Waals surface area contributed by atoms with Crippen LogP contribution in [0.15, 0.2) is 24.3 Å². The topological polar surface area (TPSA) is 41.6 Å². The fraction of sp³-hybridized carbons (Fsp3) is 0.611. The summed E-state index contributed by atoms with van der Waals surface area (Å²) in [6.07, 6.45) is 1.87. The molecule has 0 fully saturated rings. The van der Waals surface area contributed by atoms with Crippen molar-refractivity contribution in [1.29, 1.82) is 0 Å². The molecule has 23 heavy (non-hydrogen) atoms. The fourth-order valence-electron chi connectivity index (χ4n) is 2.58. The summed E-state index contributed by atoms with van der Waals surface area (Å²) in [6, 6.07) is 8.84. The number of methoxy groups -OCH3 is 1. The second-order valence-corrected chi connectivity index (χ2v) is 5.60. The SMILES string of the molecule is CCC(Cc1ccc(C)cc1)N(CC)C(=O)CNCCOC.Cl. The van der Waals surface area contributed by atoms with Gasteiger partial charge < -0.3 is 15.0 Å². The Kier molecular flexibility index (Phi) is 11.7. The molecule has 0 saturated carbocycles. The number of carbonyl (C=O) groups is 1. The third-order valence-corrected chi connectivity index (χ3v) is 3.92. The highest BCUT2D eigenvalue weighted by atomic mass is 35.5. The number of nitrogens with zero attached hydrogens (tertiary/aromatic N) is 1. The number of likely N-dealkylation sites (N-methyl/N-ethyl adjacent to an activating group) is 1. The zero-order valence-electron chi connectivity index (χ0n) is 14.8. The van der Waals surface area contributed by atoms with Crippen LogP contribution in [0.5, 0.6) is 0 Å². The Balaban J connectivity index is 0.00000484. The monoisotopic (exact) mass is 342 g/mol. The molecule has 0 bridgehead atoms. The molecule has 1 unspecified atom stereocenters. The molecule has 132 valence electrons. The van der Waals surface area contributed by atoms with Crippen LogP contribution in [0.2, 0.25) is 0 Å². The third-order valence-electron chi connectivity index (χ3n) is 3.92. The Hall–Kier alpha value is -1.10. The maximum Gasteiger partial charge on any atom is 0.236 e. The molecule has 0 saturated heterocycles. The van der Waals surface area contributed by atoms with Crippen LogP contribution >= 0.6 is 12.4 Å². The van der Waals surface area contributed by atoms with Gasteiger partial charge in [0.2, 0.25) is 5.91 Å². The average Bonchev–Trinajstić information content (AvgIpc) is 2.53. The Labute approximate surface area is 147 Å². The Bertz CT molecular complexity index is 437. The van der Waals surface area contributed by atoms with Gasteiger partial charge in [-0.25, -0.2) is 0 Å². The molecule has 0 aliphatic heterocycles. The van der Waals surface area contributed by atoms with E-state index in [-0.39, 0.29) is 24.4 Å². The van der Waals surface area contributed by atoms with Crippen molar-refractivity contribution in [3.8, 4) is 0 Å². The van der Waals surface area contributed by atoms with E-state index in [0.717, 1.165) is 19.4 Å². The van der Waals surface area contributed by atoms with E-state index in [1.54, 1.807) is 7.11 Å². The van der Waals surface area contributed by atoms with E-state index in [2.05, 4.69) is 43.4 Å². The molecule has 1 amide bonds. The van der Waals surface area contributed by atoms with Gasteiger partial charge in [0.1, 0.15) is 0 Å². The minimum Gasteiger partial charge on any atom is -0.383 e. The predicted octanol–water partition coefficient (Wildman–Crippen LogP) is 2.82. The van der Waals surface area contributed by atoms with Crippen LogP contribution < -0.4 is 5.32 Å². The third kappa shape index (κ3) is 7.82. The molecule has 1 aromatic rings. The molecule has 0 spiro atoms. The zero-order valence-corrected chi connectivity index (χ0v) is 15.6. The Morgan fingerprint density at radius 3 is 2.43 bits per heavy atom. The smallest absolute Gasteiger partial charge is 0.236 e. The van der Waals surface area contributed by atoms with Gasteiger partial charge in [0, 0.05) is 26.2 Å². The Morgan fingerprint density at radius 1 is 1.26 bits per heavy atom. The van der Waals surface area contributed by atoms with Crippen molar-refractivity contribution in [1.82, 2.24) is 10.2 Å². The van der Waals surface area contributed by atoms with Crippen LogP contribution in [-0.2, 0) is 16.0 Å². The van der Waals surface area contributed by atoms with Crippen molar-refractivity contribution in [3.63, 3.8) is 0 Å². The number of amides is 1. The second kappa shape index (κ2) is 12.3. The standard InChI is InChI=1S/C18H30N2O2.ClH/c1-5-17(13-16-9-7-15(3)8-10-16)20(6-2)18(21)14-19-11-12-22-4;/h7-10,17,19H,5-6,11-14H2,1-4H3;1H. The summed E-state index contributed by atoms with van der Waals surface area (Å²) < 4.78 is 4.98. The highest BCUT2D eigenvalue weighted by molar-refractivity contribution is 5.85. The average molecular weight is 343 g/mol. The largest absolute Gasteiger partial charge is 0.383 e. The lowest BCUT2D eigenvalue weighted by Crippen LogP contribution is -2.45. The lowest BCUT2D eigenvalue weighted by molar-refractivity contribution is -0.132. The highest BCUT2D eigenvalue weighted by Crippen LogP contribution is 2.13. The number of benzene rings is 1. The normalized spacial score (nSPS) is 11.7. The van der Waals surface area contributed by atoms with Crippen LogP contribution in [-0.4, -0.2) is 50.2 Å². The summed E-state index contributed by atoms with van der Waals surface area (Å²) >= 11 is 0. The van der Waals surface area contributed by atoms with Crippen LogP contribution in [0, 0.1) is 6.92 Å². The second-order valence-electron chi connectivity index (χ2n) is 5.60. The van der Waals surface area contributed by atoms with Crippen molar-refractivity contribution in [2.75, 3.05) is 33.4 Å². The summed E-state index contributed by atoms with van der Waals surface area (Å²) in [4.78, 5) is 14.4. The first kappa shape index (κ1) is 21.9. The zero-order chi connectivity index (χ0) is 16.4. The summed E-state index contributed by atoms with van der Waals surface area (Å²) in [7, 11) is 1.66. The number of hydrogen-bond acceptors (Lipinski definition) is 3. The molecule has 1 N–H and O–H groups in total. The quantitative estimate of drug-likeness (QED) is 0.665. The predicted molar refractivity (Wildman–Crippen MR) is 98.3 cm³/mol. The number of aryl methyl sites for hydroxylation is 1. The number of ether oxygens (including phenoxy) is 1. The lowest BCUT2D eigenvalue weighted by Gasteiger charge is -2.30. The van der Waals surface area contributed by atoms with Crippen molar-refractivity contribution in [2.24, 2.45) is 0 Å². The first-order chi connectivity index (χ1) is 10.6. The number of halogens is 1. The fourth-order valence-corrected chi connectivity index (χ4v) is 2.58. The van der Waals surface area contributed by atoms with Crippen LogP contribution in [0.1, 0.15) is 31.4 Å². The Morgan fingerprint density at radius 2 is 1.91 bits per heavy atom. The van der Waals surface area contributed by atoms with E-state index in [4.69, 9.17) is 4.74 Å². The maximum absolute atomic E-state index is 12.4. The van der Waals surface area contributed by atoms with Gasteiger partial charge in [0.05, 0.1) is 13.2 Å². The minimum atomic E-state index is 0. The van der Waals surface area contributed by atoms with Crippen molar-refractivity contribution in [2.45, 2.75) is 39.7 Å². The van der Waals surface area contributed by atoms with Gasteiger partial charge in [-0.3, -0.25) is 4.79 Å². The summed E-state index contributed by atoms with van der Waals surface area (Å²) in [5.41, 5.74) is 2.55. The maximum atomic E-state index is 12.4. The molecule has 0 aliphatic carbocycles. The number of rotatable bonds is 10. The van der Waals surface area contributed by atoms with Gasteiger partial charge in [-0.2, -0.15) is 0 Å². The highest BCUT2D eigenvalue weighted by Gasteiger charge is 2.20. The van der Waals surface area contributed by atoms with Crippen LogP contribution in [0.3, 0.4) is 0 Å². The molecule has 0 aromatic heterocycles. The van der Waals surface area contributed by atoms with E-state index in [1.807, 2.05) is 11.8 Å². The van der Waals surface area contributed by atoms with Gasteiger partial charge in [-0.15, -0.1) is 12.4 Å². The van der Waals surface area contributed by atoms with Gasteiger partial charge in [-0.1, -0.05) is 36.8 Å². The first-order valence-corrected chi connectivity index (χ1v) is 8.17. The van der Waals surface area contributed by atoms with Gasteiger partial charge in [0.15, 0.2) is 0 Å². The summed E-state index contributed by atoms with van der Waals surface area (Å²) in [5.74, 6) is 0.164. The van der Waals surface area contributed by atoms with E-state index < -0.39 is 0 Å². The van der Waals surface area contributed by atoms with Crippen molar-refractivity contribution in [3.05, 3.63) is 35.4 Å². The number of carbonyl (C=O) groups excluding carboxylic acids is 1. The molecule has 1 aromatic carbocycles. The molecule has 0 radical (unpaired) electrons.